The standard InChI is InChI=1S/C11H21NO/c1-12(7-10-8-13-9-10)11-5-3-2-4-6-11/h10-11H,2-9H2,1H3. The van der Waals surface area contributed by atoms with Crippen LogP contribution in [0.4, 0.5) is 0 Å². The Morgan fingerprint density at radius 3 is 2.38 bits per heavy atom. The molecule has 1 heterocycles. The van der Waals surface area contributed by atoms with E-state index >= 15 is 0 Å². The van der Waals surface area contributed by atoms with Gasteiger partial charge in [0, 0.05) is 18.5 Å². The highest BCUT2D eigenvalue weighted by atomic mass is 16.5. The SMILES string of the molecule is CN(CC1COC1)C1CCCCC1. The summed E-state index contributed by atoms with van der Waals surface area (Å²) < 4.78 is 5.20. The van der Waals surface area contributed by atoms with Crippen LogP contribution in [0.2, 0.25) is 0 Å². The molecule has 0 N–H and O–H groups in total. The molecule has 0 amide bonds. The van der Waals surface area contributed by atoms with Gasteiger partial charge in [0.2, 0.25) is 0 Å². The Kier molecular flexibility index (Phi) is 3.23. The van der Waals surface area contributed by atoms with Crippen molar-refractivity contribution in [3.05, 3.63) is 0 Å². The van der Waals surface area contributed by atoms with Crippen LogP contribution < -0.4 is 0 Å². The van der Waals surface area contributed by atoms with Crippen molar-refractivity contribution in [2.45, 2.75) is 38.1 Å². The summed E-state index contributed by atoms with van der Waals surface area (Å²) in [4.78, 5) is 2.56. The van der Waals surface area contributed by atoms with Gasteiger partial charge in [-0.3, -0.25) is 0 Å². The Bertz CT molecular complexity index is 150. The molecule has 2 rings (SSSR count). The van der Waals surface area contributed by atoms with Gasteiger partial charge < -0.3 is 9.64 Å². The molecule has 0 bridgehead atoms. The first-order valence-electron chi connectivity index (χ1n) is 5.64. The van der Waals surface area contributed by atoms with Crippen molar-refractivity contribution >= 4 is 0 Å². The molecule has 1 saturated heterocycles. The van der Waals surface area contributed by atoms with Crippen molar-refractivity contribution in [2.24, 2.45) is 5.92 Å². The van der Waals surface area contributed by atoms with E-state index in [-0.39, 0.29) is 0 Å². The highest BCUT2D eigenvalue weighted by molar-refractivity contribution is 4.77. The average molecular weight is 183 g/mol. The normalized spacial score (nSPS) is 26.3. The second-order valence-electron chi connectivity index (χ2n) is 4.63. The van der Waals surface area contributed by atoms with Crippen LogP contribution in [0.5, 0.6) is 0 Å². The summed E-state index contributed by atoms with van der Waals surface area (Å²) in [6, 6.07) is 0.870. The second-order valence-corrected chi connectivity index (χ2v) is 4.63. The quantitative estimate of drug-likeness (QED) is 0.662. The Labute approximate surface area is 81.3 Å². The third-order valence-corrected chi connectivity index (χ3v) is 3.45. The zero-order chi connectivity index (χ0) is 9.10. The fourth-order valence-electron chi connectivity index (χ4n) is 2.47. The molecule has 2 heteroatoms. The molecule has 0 unspecified atom stereocenters. The number of rotatable bonds is 3. The molecular formula is C11H21NO. The van der Waals surface area contributed by atoms with E-state index in [9.17, 15) is 0 Å². The van der Waals surface area contributed by atoms with Crippen LogP contribution in [0.3, 0.4) is 0 Å². The number of ether oxygens (including phenoxy) is 1. The first-order valence-corrected chi connectivity index (χ1v) is 5.64. The molecule has 2 nitrogen and oxygen atoms in total. The van der Waals surface area contributed by atoms with Crippen molar-refractivity contribution in [1.29, 1.82) is 0 Å². The number of hydrogen-bond acceptors (Lipinski definition) is 2. The van der Waals surface area contributed by atoms with Gasteiger partial charge in [0.05, 0.1) is 13.2 Å². The molecule has 13 heavy (non-hydrogen) atoms. The maximum atomic E-state index is 5.20. The number of nitrogens with zero attached hydrogens (tertiary/aromatic N) is 1. The van der Waals surface area contributed by atoms with Crippen LogP contribution in [0.15, 0.2) is 0 Å². The molecule has 0 radical (unpaired) electrons. The molecule has 76 valence electrons. The van der Waals surface area contributed by atoms with Gasteiger partial charge in [-0.05, 0) is 19.9 Å². The minimum Gasteiger partial charge on any atom is -0.381 e. The maximum Gasteiger partial charge on any atom is 0.0528 e. The average Bonchev–Trinajstić information content (AvgIpc) is 2.12. The van der Waals surface area contributed by atoms with E-state index in [1.165, 1.54) is 38.6 Å². The highest BCUT2D eigenvalue weighted by Crippen LogP contribution is 2.23. The molecule has 0 aromatic carbocycles. The second kappa shape index (κ2) is 4.43. The highest BCUT2D eigenvalue weighted by Gasteiger charge is 2.24. The fourth-order valence-corrected chi connectivity index (χ4v) is 2.47. The first-order chi connectivity index (χ1) is 6.36. The lowest BCUT2D eigenvalue weighted by atomic mass is 9.93. The zero-order valence-corrected chi connectivity index (χ0v) is 8.67. The van der Waals surface area contributed by atoms with Gasteiger partial charge in [-0.25, -0.2) is 0 Å². The van der Waals surface area contributed by atoms with Crippen molar-refractivity contribution in [3.63, 3.8) is 0 Å². The van der Waals surface area contributed by atoms with Gasteiger partial charge in [-0.1, -0.05) is 19.3 Å². The van der Waals surface area contributed by atoms with E-state index in [2.05, 4.69) is 11.9 Å². The minimum atomic E-state index is 0.826. The van der Waals surface area contributed by atoms with Crippen LogP contribution in [0, 0.1) is 5.92 Å². The van der Waals surface area contributed by atoms with Gasteiger partial charge in [-0.2, -0.15) is 0 Å². The molecule has 2 fully saturated rings. The van der Waals surface area contributed by atoms with Gasteiger partial charge in [0.25, 0.3) is 0 Å². The van der Waals surface area contributed by atoms with Gasteiger partial charge in [-0.15, -0.1) is 0 Å². The largest absolute Gasteiger partial charge is 0.381 e. The summed E-state index contributed by atoms with van der Waals surface area (Å²) in [7, 11) is 2.29. The Morgan fingerprint density at radius 2 is 1.85 bits per heavy atom. The molecule has 0 atom stereocenters. The fraction of sp³-hybridized carbons (Fsp3) is 1.00. The first kappa shape index (κ1) is 9.47. The van der Waals surface area contributed by atoms with E-state index < -0.39 is 0 Å². The van der Waals surface area contributed by atoms with Crippen molar-refractivity contribution in [3.8, 4) is 0 Å². The predicted octanol–water partition coefficient (Wildman–Crippen LogP) is 1.90. The molecule has 0 spiro atoms. The molecule has 1 aliphatic heterocycles. The lowest BCUT2D eigenvalue weighted by molar-refractivity contribution is -0.0495. The third-order valence-electron chi connectivity index (χ3n) is 3.45. The van der Waals surface area contributed by atoms with Crippen LogP contribution in [-0.4, -0.2) is 37.7 Å². The monoisotopic (exact) mass is 183 g/mol. The van der Waals surface area contributed by atoms with Gasteiger partial charge >= 0.3 is 0 Å². The van der Waals surface area contributed by atoms with E-state index in [1.807, 2.05) is 0 Å². The van der Waals surface area contributed by atoms with Crippen LogP contribution >= 0.6 is 0 Å². The summed E-state index contributed by atoms with van der Waals surface area (Å²) in [5.74, 6) is 0.826. The molecule has 1 saturated carbocycles. The van der Waals surface area contributed by atoms with E-state index in [1.54, 1.807) is 0 Å². The summed E-state index contributed by atoms with van der Waals surface area (Å²) in [5, 5.41) is 0. The van der Waals surface area contributed by atoms with E-state index in [4.69, 9.17) is 4.74 Å². The van der Waals surface area contributed by atoms with Crippen LogP contribution in [0.1, 0.15) is 32.1 Å². The van der Waals surface area contributed by atoms with E-state index in [0.717, 1.165) is 25.2 Å². The summed E-state index contributed by atoms with van der Waals surface area (Å²) in [5.41, 5.74) is 0. The summed E-state index contributed by atoms with van der Waals surface area (Å²) >= 11 is 0. The lowest BCUT2D eigenvalue weighted by Gasteiger charge is -2.36. The maximum absolute atomic E-state index is 5.20. The lowest BCUT2D eigenvalue weighted by Crippen LogP contribution is -2.42. The smallest absolute Gasteiger partial charge is 0.0528 e. The Morgan fingerprint density at radius 1 is 1.15 bits per heavy atom. The molecule has 0 aromatic heterocycles. The summed E-state index contributed by atoms with van der Waals surface area (Å²) in [6.45, 7) is 3.25. The van der Waals surface area contributed by atoms with Crippen molar-refractivity contribution < 1.29 is 4.74 Å². The Hall–Kier alpha value is -0.0800. The van der Waals surface area contributed by atoms with Crippen molar-refractivity contribution in [1.82, 2.24) is 4.90 Å². The predicted molar refractivity (Wildman–Crippen MR) is 53.8 cm³/mol. The van der Waals surface area contributed by atoms with Crippen molar-refractivity contribution in [2.75, 3.05) is 26.8 Å². The molecule has 1 aliphatic carbocycles. The van der Waals surface area contributed by atoms with E-state index in [0.29, 0.717) is 0 Å². The number of hydrogen-bond donors (Lipinski definition) is 0. The van der Waals surface area contributed by atoms with Crippen LogP contribution in [0.25, 0.3) is 0 Å². The van der Waals surface area contributed by atoms with Gasteiger partial charge in [0.15, 0.2) is 0 Å². The Balaban J connectivity index is 1.70. The zero-order valence-electron chi connectivity index (χ0n) is 8.67. The summed E-state index contributed by atoms with van der Waals surface area (Å²) in [6.07, 6.45) is 7.18. The molecular weight excluding hydrogens is 162 g/mol. The van der Waals surface area contributed by atoms with Gasteiger partial charge in [0.1, 0.15) is 0 Å². The third kappa shape index (κ3) is 2.44. The molecule has 0 aromatic rings. The minimum absolute atomic E-state index is 0.826. The molecule has 2 aliphatic rings. The van der Waals surface area contributed by atoms with Crippen LogP contribution in [-0.2, 0) is 4.74 Å². The topological polar surface area (TPSA) is 12.5 Å².